The Morgan fingerprint density at radius 1 is 1.00 bits per heavy atom. The number of hydrogen-bond acceptors (Lipinski definition) is 4. The van der Waals surface area contributed by atoms with Crippen molar-refractivity contribution in [2.24, 2.45) is 5.41 Å². The second-order valence-electron chi connectivity index (χ2n) is 6.96. The zero-order valence-corrected chi connectivity index (χ0v) is 13.9. The molecule has 0 radical (unpaired) electrons. The summed E-state index contributed by atoms with van der Waals surface area (Å²) in [6.45, 7) is 5.89. The highest BCUT2D eigenvalue weighted by Crippen LogP contribution is 2.45. The molecule has 4 nitrogen and oxygen atoms in total. The largest absolute Gasteiger partial charge is 0.432 e. The maximum Gasteiger partial charge on any atom is 0.350 e. The van der Waals surface area contributed by atoms with Crippen LogP contribution in [0, 0.1) is 16.7 Å². The summed E-state index contributed by atoms with van der Waals surface area (Å²) in [6.07, 6.45) is -0.652. The fourth-order valence-corrected chi connectivity index (χ4v) is 2.76. The monoisotopic (exact) mass is 321 g/mol. The molecule has 2 atom stereocenters. The molecule has 4 heteroatoms. The molecule has 3 rings (SSSR count). The highest BCUT2D eigenvalue weighted by molar-refractivity contribution is 5.87. The number of nitrogens with zero attached hydrogens (tertiary/aromatic N) is 1. The molecule has 1 fully saturated rings. The smallest absolute Gasteiger partial charge is 0.350 e. The van der Waals surface area contributed by atoms with Gasteiger partial charge in [-0.2, -0.15) is 5.26 Å². The molecule has 0 aromatic heterocycles. The van der Waals surface area contributed by atoms with Crippen molar-refractivity contribution in [1.29, 1.82) is 5.26 Å². The summed E-state index contributed by atoms with van der Waals surface area (Å²) in [6, 6.07) is 18.3. The van der Waals surface area contributed by atoms with Gasteiger partial charge < -0.3 is 9.47 Å². The van der Waals surface area contributed by atoms with Gasteiger partial charge in [0.1, 0.15) is 0 Å². The van der Waals surface area contributed by atoms with Crippen LogP contribution in [0.4, 0.5) is 0 Å². The molecule has 0 amide bonds. The van der Waals surface area contributed by atoms with E-state index in [2.05, 4.69) is 6.07 Å². The number of carbonyl (C=O) groups excluding carboxylic acids is 1. The first-order valence-corrected chi connectivity index (χ1v) is 7.83. The third-order valence-electron chi connectivity index (χ3n) is 4.09. The van der Waals surface area contributed by atoms with E-state index in [1.807, 2.05) is 51.1 Å². The molecule has 0 aliphatic carbocycles. The third-order valence-corrected chi connectivity index (χ3v) is 4.09. The molecule has 122 valence electrons. The van der Waals surface area contributed by atoms with Crippen LogP contribution < -0.4 is 0 Å². The molecular formula is C20H19NO3. The van der Waals surface area contributed by atoms with Crippen LogP contribution in [0.5, 0.6) is 0 Å². The first kappa shape index (κ1) is 16.2. The van der Waals surface area contributed by atoms with Gasteiger partial charge in [-0.05, 0) is 23.3 Å². The number of ether oxygens (including phenoxy) is 2. The van der Waals surface area contributed by atoms with Crippen molar-refractivity contribution >= 4 is 5.97 Å². The summed E-state index contributed by atoms with van der Waals surface area (Å²) in [5, 5.41) is 9.00. The molecule has 0 unspecified atom stereocenters. The molecule has 24 heavy (non-hydrogen) atoms. The Morgan fingerprint density at radius 2 is 1.58 bits per heavy atom. The van der Waals surface area contributed by atoms with Crippen LogP contribution in [0.15, 0.2) is 54.6 Å². The van der Waals surface area contributed by atoms with E-state index in [4.69, 9.17) is 14.7 Å². The minimum absolute atomic E-state index is 0.348. The summed E-state index contributed by atoms with van der Waals surface area (Å²) in [7, 11) is 0. The average Bonchev–Trinajstić information content (AvgIpc) is 2.94. The Labute approximate surface area is 141 Å². The fraction of sp³-hybridized carbons (Fsp3) is 0.300. The topological polar surface area (TPSA) is 59.3 Å². The lowest BCUT2D eigenvalue weighted by molar-refractivity contribution is -0.155. The van der Waals surface area contributed by atoms with E-state index in [1.165, 1.54) is 0 Å². The SMILES string of the molecule is CC(C)(C)[C@@H]1OC(=O)[C@@](c2ccccc2)(c2ccc(C#N)cc2)O1. The highest BCUT2D eigenvalue weighted by Gasteiger charge is 2.55. The van der Waals surface area contributed by atoms with E-state index in [0.717, 1.165) is 0 Å². The van der Waals surface area contributed by atoms with Crippen molar-refractivity contribution in [3.63, 3.8) is 0 Å². The Bertz CT molecular complexity index is 784. The molecule has 1 aliphatic rings. The predicted octanol–water partition coefficient (Wildman–Crippen LogP) is 3.75. The first-order valence-electron chi connectivity index (χ1n) is 7.83. The lowest BCUT2D eigenvalue weighted by atomic mass is 9.86. The molecule has 2 aromatic rings. The van der Waals surface area contributed by atoms with E-state index < -0.39 is 17.9 Å². The normalized spacial score (nSPS) is 23.6. The summed E-state index contributed by atoms with van der Waals surface area (Å²) in [5.41, 5.74) is 0.239. The van der Waals surface area contributed by atoms with Crippen molar-refractivity contribution in [3.05, 3.63) is 71.3 Å². The van der Waals surface area contributed by atoms with Gasteiger partial charge in [0, 0.05) is 5.41 Å². The first-order chi connectivity index (χ1) is 11.4. The Balaban J connectivity index is 2.16. The molecule has 2 aromatic carbocycles. The van der Waals surface area contributed by atoms with Gasteiger partial charge in [0.25, 0.3) is 0 Å². The van der Waals surface area contributed by atoms with Crippen LogP contribution in [0.1, 0.15) is 37.5 Å². The number of rotatable bonds is 2. The van der Waals surface area contributed by atoms with Gasteiger partial charge >= 0.3 is 5.97 Å². The second-order valence-corrected chi connectivity index (χ2v) is 6.96. The maximum atomic E-state index is 12.9. The standard InChI is InChI=1S/C20H19NO3/c1-19(2,3)18-23-17(22)20(24-18,15-7-5-4-6-8-15)16-11-9-14(13-21)10-12-16/h4-12,18H,1-3H3/t18-,20-/m1/s1. The molecule has 1 saturated heterocycles. The summed E-state index contributed by atoms with van der Waals surface area (Å²) in [5.74, 6) is -0.432. The maximum absolute atomic E-state index is 12.9. The number of benzene rings is 2. The van der Waals surface area contributed by atoms with Gasteiger partial charge in [-0.25, -0.2) is 4.79 Å². The molecule has 0 N–H and O–H groups in total. The van der Waals surface area contributed by atoms with Gasteiger partial charge in [0.05, 0.1) is 11.6 Å². The fourth-order valence-electron chi connectivity index (χ4n) is 2.76. The number of esters is 1. The second kappa shape index (κ2) is 5.77. The predicted molar refractivity (Wildman–Crippen MR) is 88.8 cm³/mol. The molecule has 1 aliphatic heterocycles. The van der Waals surface area contributed by atoms with Crippen LogP contribution >= 0.6 is 0 Å². The third kappa shape index (κ3) is 2.57. The molecular weight excluding hydrogens is 302 g/mol. The summed E-state index contributed by atoms with van der Waals surface area (Å²) >= 11 is 0. The Hall–Kier alpha value is -2.64. The average molecular weight is 321 g/mol. The van der Waals surface area contributed by atoms with Crippen molar-refractivity contribution < 1.29 is 14.3 Å². The summed E-state index contributed by atoms with van der Waals surface area (Å²) in [4.78, 5) is 12.9. The van der Waals surface area contributed by atoms with E-state index >= 15 is 0 Å². The van der Waals surface area contributed by atoms with Crippen molar-refractivity contribution in [2.75, 3.05) is 0 Å². The van der Waals surface area contributed by atoms with Crippen LogP contribution in [0.25, 0.3) is 0 Å². The van der Waals surface area contributed by atoms with Crippen molar-refractivity contribution in [1.82, 2.24) is 0 Å². The van der Waals surface area contributed by atoms with E-state index in [-0.39, 0.29) is 5.41 Å². The van der Waals surface area contributed by atoms with E-state index in [1.54, 1.807) is 24.3 Å². The van der Waals surface area contributed by atoms with Crippen LogP contribution in [0.2, 0.25) is 0 Å². The molecule has 0 bridgehead atoms. The van der Waals surface area contributed by atoms with Gasteiger partial charge in [-0.3, -0.25) is 0 Å². The van der Waals surface area contributed by atoms with E-state index in [9.17, 15) is 4.79 Å². The number of carbonyl (C=O) groups is 1. The van der Waals surface area contributed by atoms with Crippen LogP contribution in [0.3, 0.4) is 0 Å². The molecule has 0 saturated carbocycles. The van der Waals surface area contributed by atoms with Gasteiger partial charge in [-0.15, -0.1) is 0 Å². The number of nitriles is 1. The van der Waals surface area contributed by atoms with E-state index in [0.29, 0.717) is 16.7 Å². The van der Waals surface area contributed by atoms with Crippen LogP contribution in [-0.4, -0.2) is 12.3 Å². The van der Waals surface area contributed by atoms with Crippen molar-refractivity contribution in [2.45, 2.75) is 32.7 Å². The zero-order chi connectivity index (χ0) is 17.4. The van der Waals surface area contributed by atoms with Gasteiger partial charge in [0.15, 0.2) is 0 Å². The lowest BCUT2D eigenvalue weighted by Gasteiger charge is -2.29. The lowest BCUT2D eigenvalue weighted by Crippen LogP contribution is -2.36. The summed E-state index contributed by atoms with van der Waals surface area (Å²) < 4.78 is 11.8. The molecule has 0 spiro atoms. The Morgan fingerprint density at radius 3 is 2.08 bits per heavy atom. The zero-order valence-electron chi connectivity index (χ0n) is 13.9. The van der Waals surface area contributed by atoms with Crippen molar-refractivity contribution in [3.8, 4) is 6.07 Å². The van der Waals surface area contributed by atoms with Crippen LogP contribution in [-0.2, 0) is 19.9 Å². The number of cyclic esters (lactones) is 1. The van der Waals surface area contributed by atoms with Gasteiger partial charge in [0.2, 0.25) is 11.9 Å². The highest BCUT2D eigenvalue weighted by atomic mass is 16.8. The quantitative estimate of drug-likeness (QED) is 0.791. The number of hydrogen-bond donors (Lipinski definition) is 0. The Kier molecular flexibility index (Phi) is 3.90. The minimum atomic E-state index is -1.31. The molecule has 1 heterocycles. The minimum Gasteiger partial charge on any atom is -0.432 e. The van der Waals surface area contributed by atoms with Gasteiger partial charge in [-0.1, -0.05) is 63.2 Å².